The van der Waals surface area contributed by atoms with Crippen molar-refractivity contribution in [3.63, 3.8) is 0 Å². The highest BCUT2D eigenvalue weighted by atomic mass is 35.5. The molecule has 4 rings (SSSR count). The van der Waals surface area contributed by atoms with Crippen LogP contribution in [-0.4, -0.2) is 28.9 Å². The number of fused-ring (bicyclic) bond motifs is 1. The molecule has 2 heterocycles. The summed E-state index contributed by atoms with van der Waals surface area (Å²) in [6.07, 6.45) is -10.0. The molecule has 1 amide bonds. The monoisotopic (exact) mass is 589 g/mol. The van der Waals surface area contributed by atoms with Crippen molar-refractivity contribution in [2.45, 2.75) is 64.7 Å². The van der Waals surface area contributed by atoms with Gasteiger partial charge in [0.25, 0.3) is 0 Å². The molecule has 3 aromatic rings. The standard InChI is InChI=1S/C27H28ClF6N4O2/c1-15(2)40-25(39)37-8-4-5-22(21-7-6-20(28)13-23(21)37)38(24-9-16(3)35-36-24)14-17-10-18(26(29,30)31)12-19(11-17)27(32,33)34/h6-7,9-13,15,22,28H,4-5,8,14H2,1-3H3,(H,35,36)/q+1. The highest BCUT2D eigenvalue weighted by Gasteiger charge is 2.38. The van der Waals surface area contributed by atoms with E-state index >= 15 is 0 Å². The van der Waals surface area contributed by atoms with Crippen molar-refractivity contribution in [2.24, 2.45) is 0 Å². The summed E-state index contributed by atoms with van der Waals surface area (Å²) in [5.74, 6) is 0.333. The third-order valence-electron chi connectivity index (χ3n) is 6.43. The van der Waals surface area contributed by atoms with Crippen LogP contribution in [0.25, 0.3) is 0 Å². The van der Waals surface area contributed by atoms with Crippen LogP contribution in [0.3, 0.4) is 0 Å². The molecular weight excluding hydrogens is 562 g/mol. The fourth-order valence-corrected chi connectivity index (χ4v) is 4.92. The van der Waals surface area contributed by atoms with Gasteiger partial charge in [0.05, 0.1) is 29.0 Å². The van der Waals surface area contributed by atoms with Crippen LogP contribution < -0.4 is 9.80 Å². The Balaban J connectivity index is 1.84. The number of amides is 1. The topological polar surface area (TPSA) is 61.5 Å². The van der Waals surface area contributed by atoms with E-state index in [0.29, 0.717) is 40.6 Å². The van der Waals surface area contributed by atoms with Gasteiger partial charge in [0.1, 0.15) is 0 Å². The molecule has 0 radical (unpaired) electrons. The Morgan fingerprint density at radius 2 is 1.75 bits per heavy atom. The fourth-order valence-electron chi connectivity index (χ4n) is 4.75. The number of aryl methyl sites for hydroxylation is 1. The van der Waals surface area contributed by atoms with E-state index in [1.807, 2.05) is 0 Å². The average molecular weight is 590 g/mol. The summed E-state index contributed by atoms with van der Waals surface area (Å²) in [6.45, 7) is 5.13. The summed E-state index contributed by atoms with van der Waals surface area (Å²) in [5, 5.41) is 7.52. The van der Waals surface area contributed by atoms with E-state index in [9.17, 15) is 31.1 Å². The third kappa shape index (κ3) is 6.65. The molecule has 0 aliphatic carbocycles. The van der Waals surface area contributed by atoms with Crippen LogP contribution >= 0.6 is 0 Å². The zero-order valence-electron chi connectivity index (χ0n) is 21.9. The number of alkyl halides is 6. The number of aromatic amines is 1. The largest absolute Gasteiger partial charge is 0.446 e. The molecule has 1 atom stereocenters. The average Bonchev–Trinajstić information content (AvgIpc) is 3.18. The molecule has 13 heteroatoms. The number of rotatable bonds is 5. The minimum atomic E-state index is -4.98. The van der Waals surface area contributed by atoms with Crippen LogP contribution in [0.1, 0.15) is 60.7 Å². The van der Waals surface area contributed by atoms with E-state index in [-0.39, 0.29) is 30.8 Å². The van der Waals surface area contributed by atoms with Gasteiger partial charge in [-0.25, -0.2) is 4.79 Å². The van der Waals surface area contributed by atoms with Crippen molar-refractivity contribution >= 4 is 17.6 Å². The van der Waals surface area contributed by atoms with Gasteiger partial charge in [0, 0.05) is 37.0 Å². The normalized spacial score (nSPS) is 16.1. The molecule has 1 unspecified atom stereocenters. The van der Waals surface area contributed by atoms with Gasteiger partial charge >= 0.3 is 18.4 Å². The second kappa shape index (κ2) is 11.2. The second-order valence-electron chi connectivity index (χ2n) is 9.91. The molecule has 0 fully saturated rings. The van der Waals surface area contributed by atoms with E-state index in [1.165, 1.54) is 4.90 Å². The van der Waals surface area contributed by atoms with Crippen molar-refractivity contribution in [1.29, 1.82) is 0 Å². The van der Waals surface area contributed by atoms with Crippen LogP contribution in [0.15, 0.2) is 42.5 Å². The minimum Gasteiger partial charge on any atom is -0.446 e. The summed E-state index contributed by atoms with van der Waals surface area (Å²) < 4.78 is 87.0. The number of aromatic nitrogens is 2. The maximum absolute atomic E-state index is 13.6. The number of ether oxygens (including phenoxy) is 1. The van der Waals surface area contributed by atoms with Crippen LogP contribution in [0.2, 0.25) is 5.02 Å². The smallest absolute Gasteiger partial charge is 0.416 e. The third-order valence-corrected chi connectivity index (χ3v) is 6.69. The lowest BCUT2D eigenvalue weighted by molar-refractivity contribution is -0.288. The Morgan fingerprint density at radius 1 is 1.10 bits per heavy atom. The first kappa shape index (κ1) is 29.6. The number of carbonyl (C=O) groups is 1. The van der Waals surface area contributed by atoms with Crippen LogP contribution in [0, 0.1) is 18.5 Å². The number of hydrogen-bond acceptors (Lipinski definition) is 4. The van der Waals surface area contributed by atoms with E-state index < -0.39 is 35.6 Å². The van der Waals surface area contributed by atoms with Crippen molar-refractivity contribution in [3.8, 4) is 0 Å². The van der Waals surface area contributed by atoms with Gasteiger partial charge in [0.15, 0.2) is 17.4 Å². The Morgan fingerprint density at radius 3 is 2.30 bits per heavy atom. The van der Waals surface area contributed by atoms with Gasteiger partial charge in [-0.3, -0.25) is 10.00 Å². The van der Waals surface area contributed by atoms with Crippen LogP contribution in [0.4, 0.5) is 42.6 Å². The number of anilines is 2. The van der Waals surface area contributed by atoms with Crippen molar-refractivity contribution < 1.29 is 47.5 Å². The number of carbonyl (C=O) groups excluding carboxylic acids is 1. The zero-order chi connectivity index (χ0) is 29.4. The number of H-pyrrole nitrogens is 1. The lowest BCUT2D eigenvalue weighted by atomic mass is 9.98. The maximum atomic E-state index is 13.6. The predicted molar refractivity (Wildman–Crippen MR) is 134 cm³/mol. The fraction of sp³-hybridized carbons (Fsp3) is 0.407. The van der Waals surface area contributed by atoms with Crippen LogP contribution in [-0.2, 0) is 23.6 Å². The van der Waals surface area contributed by atoms with Gasteiger partial charge in [-0.05, 0) is 69.0 Å². The predicted octanol–water partition coefficient (Wildman–Crippen LogP) is 7.35. The summed E-state index contributed by atoms with van der Waals surface area (Å²) >= 11 is 5.35. The Bertz CT molecular complexity index is 1340. The number of halogens is 7. The van der Waals surface area contributed by atoms with Crippen LogP contribution in [0.5, 0.6) is 0 Å². The summed E-state index contributed by atoms with van der Waals surface area (Å²) in [6, 6.07) is 7.68. The first-order valence-corrected chi connectivity index (χ1v) is 12.9. The molecule has 0 bridgehead atoms. The summed E-state index contributed by atoms with van der Waals surface area (Å²) in [4.78, 5) is 16.1. The summed E-state index contributed by atoms with van der Waals surface area (Å²) in [7, 11) is 0. The van der Waals surface area contributed by atoms with Gasteiger partial charge in [0.2, 0.25) is 5.02 Å². The van der Waals surface area contributed by atoms with Gasteiger partial charge in [-0.2, -0.15) is 31.4 Å². The lowest BCUT2D eigenvalue weighted by Crippen LogP contribution is -2.34. The van der Waals surface area contributed by atoms with Gasteiger partial charge < -0.3 is 9.64 Å². The molecular formula is C27H28ClF6N4O2+. The lowest BCUT2D eigenvalue weighted by Gasteiger charge is -2.33. The maximum Gasteiger partial charge on any atom is 0.416 e. The molecule has 216 valence electrons. The summed E-state index contributed by atoms with van der Waals surface area (Å²) in [5.41, 5.74) is -1.24. The highest BCUT2D eigenvalue weighted by Crippen LogP contribution is 2.42. The molecule has 0 saturated carbocycles. The highest BCUT2D eigenvalue weighted by molar-refractivity contribution is 5.89. The molecule has 6 nitrogen and oxygen atoms in total. The zero-order valence-corrected chi connectivity index (χ0v) is 22.7. The SMILES string of the molecule is Cc1cc(N(Cc2cc(C(F)(F)F)cc(C(F)(F)F)c2)C2CCCN(C(=O)OC(C)C)c3cc([ClH+])ccc32)n[nH]1. The molecule has 0 spiro atoms. The molecule has 1 aromatic heterocycles. The first-order chi connectivity index (χ1) is 18.6. The van der Waals surface area contributed by atoms with Crippen molar-refractivity contribution in [1.82, 2.24) is 10.2 Å². The van der Waals surface area contributed by atoms with E-state index in [4.69, 9.17) is 16.3 Å². The second-order valence-corrected chi connectivity index (χ2v) is 10.4. The van der Waals surface area contributed by atoms with Crippen molar-refractivity contribution in [2.75, 3.05) is 16.3 Å². The number of hydrogen-bond donors (Lipinski definition) is 1. The van der Waals surface area contributed by atoms with E-state index in [1.54, 1.807) is 49.9 Å². The Hall–Kier alpha value is -3.41. The molecule has 40 heavy (non-hydrogen) atoms. The number of nitrogens with zero attached hydrogens (tertiary/aromatic N) is 3. The number of benzene rings is 2. The molecule has 2 aromatic carbocycles. The Labute approximate surface area is 231 Å². The molecule has 1 N–H and O–H groups in total. The molecule has 1 aliphatic heterocycles. The van der Waals surface area contributed by atoms with E-state index in [2.05, 4.69) is 10.2 Å². The Kier molecular flexibility index (Phi) is 8.30. The van der Waals surface area contributed by atoms with Gasteiger partial charge in [-0.1, -0.05) is 0 Å². The minimum absolute atomic E-state index is 0.108. The van der Waals surface area contributed by atoms with Crippen molar-refractivity contribution in [3.05, 3.63) is 75.4 Å². The quantitative estimate of drug-likeness (QED) is 0.316. The number of nitrogens with one attached hydrogen (secondary N) is 1. The van der Waals surface area contributed by atoms with E-state index in [0.717, 1.165) is 12.1 Å². The molecule has 0 saturated heterocycles. The van der Waals surface area contributed by atoms with Gasteiger partial charge in [-0.15, -0.1) is 0 Å². The molecule has 1 aliphatic rings. The first-order valence-electron chi connectivity index (χ1n) is 12.5.